The first-order chi connectivity index (χ1) is 7.66. The van der Waals surface area contributed by atoms with Crippen LogP contribution in [0, 0.1) is 5.82 Å². The molecular formula is C11H14ClFN2O. The second-order valence-electron chi connectivity index (χ2n) is 3.91. The monoisotopic (exact) mass is 244 g/mol. The SMILES string of the molecule is Nc1cc(F)c(Cl)cc1NC1CCCOC1. The van der Waals surface area contributed by atoms with Crippen molar-refractivity contribution in [2.45, 2.75) is 18.9 Å². The standard InChI is InChI=1S/C11H14ClFN2O/c12-8-4-11(10(14)5-9(8)13)15-7-2-1-3-16-6-7/h4-5,7,15H,1-3,6,14H2. The highest BCUT2D eigenvalue weighted by molar-refractivity contribution is 6.31. The fraction of sp³-hybridized carbons (Fsp3) is 0.455. The van der Waals surface area contributed by atoms with Gasteiger partial charge in [-0.05, 0) is 18.9 Å². The molecule has 1 heterocycles. The molecule has 0 amide bonds. The van der Waals surface area contributed by atoms with Crippen LogP contribution in [0.25, 0.3) is 0 Å². The van der Waals surface area contributed by atoms with Gasteiger partial charge in [-0.25, -0.2) is 4.39 Å². The number of nitrogens with one attached hydrogen (secondary N) is 1. The summed E-state index contributed by atoms with van der Waals surface area (Å²) in [7, 11) is 0. The molecule has 0 bridgehead atoms. The van der Waals surface area contributed by atoms with Gasteiger partial charge in [0.25, 0.3) is 0 Å². The topological polar surface area (TPSA) is 47.3 Å². The van der Waals surface area contributed by atoms with Crippen molar-refractivity contribution in [3.63, 3.8) is 0 Å². The molecule has 1 aliphatic heterocycles. The lowest BCUT2D eigenvalue weighted by Crippen LogP contribution is -2.30. The van der Waals surface area contributed by atoms with Crippen LogP contribution in [-0.2, 0) is 4.74 Å². The zero-order chi connectivity index (χ0) is 11.5. The van der Waals surface area contributed by atoms with Gasteiger partial charge in [-0.2, -0.15) is 0 Å². The van der Waals surface area contributed by atoms with Crippen LogP contribution in [0.4, 0.5) is 15.8 Å². The maximum atomic E-state index is 13.1. The molecule has 3 nitrogen and oxygen atoms in total. The number of benzene rings is 1. The van der Waals surface area contributed by atoms with Crippen molar-refractivity contribution in [1.82, 2.24) is 0 Å². The second-order valence-corrected chi connectivity index (χ2v) is 4.32. The average molecular weight is 245 g/mol. The molecule has 2 rings (SSSR count). The quantitative estimate of drug-likeness (QED) is 0.787. The largest absolute Gasteiger partial charge is 0.397 e. The Morgan fingerprint density at radius 2 is 2.31 bits per heavy atom. The van der Waals surface area contributed by atoms with E-state index in [1.807, 2.05) is 0 Å². The summed E-state index contributed by atoms with van der Waals surface area (Å²) in [6.45, 7) is 1.45. The second kappa shape index (κ2) is 4.89. The molecular weight excluding hydrogens is 231 g/mol. The zero-order valence-corrected chi connectivity index (χ0v) is 9.56. The molecule has 1 aromatic rings. The minimum absolute atomic E-state index is 0.0772. The number of hydrogen-bond donors (Lipinski definition) is 2. The van der Waals surface area contributed by atoms with Gasteiger partial charge in [0, 0.05) is 18.7 Å². The maximum Gasteiger partial charge on any atom is 0.143 e. The van der Waals surface area contributed by atoms with Gasteiger partial charge < -0.3 is 15.8 Å². The van der Waals surface area contributed by atoms with E-state index in [0.29, 0.717) is 18.0 Å². The molecule has 1 unspecified atom stereocenters. The summed E-state index contributed by atoms with van der Waals surface area (Å²) in [4.78, 5) is 0. The van der Waals surface area contributed by atoms with Crippen LogP contribution in [0.3, 0.4) is 0 Å². The highest BCUT2D eigenvalue weighted by atomic mass is 35.5. The maximum absolute atomic E-state index is 13.1. The first-order valence-corrected chi connectivity index (χ1v) is 5.63. The van der Waals surface area contributed by atoms with E-state index in [0.717, 1.165) is 19.4 Å². The number of hydrogen-bond acceptors (Lipinski definition) is 3. The number of anilines is 2. The van der Waals surface area contributed by atoms with Gasteiger partial charge in [-0.3, -0.25) is 0 Å². The highest BCUT2D eigenvalue weighted by Gasteiger charge is 2.15. The van der Waals surface area contributed by atoms with E-state index in [9.17, 15) is 4.39 Å². The molecule has 1 fully saturated rings. The van der Waals surface area contributed by atoms with Crippen molar-refractivity contribution in [3.05, 3.63) is 23.0 Å². The van der Waals surface area contributed by atoms with Gasteiger partial charge in [0.2, 0.25) is 0 Å². The number of nitrogens with two attached hydrogens (primary N) is 1. The minimum Gasteiger partial charge on any atom is -0.397 e. The normalized spacial score (nSPS) is 20.8. The summed E-state index contributed by atoms with van der Waals surface area (Å²) in [6, 6.07) is 2.97. The molecule has 0 spiro atoms. The molecule has 0 aliphatic carbocycles. The minimum atomic E-state index is -0.496. The van der Waals surface area contributed by atoms with E-state index in [-0.39, 0.29) is 11.1 Å². The van der Waals surface area contributed by atoms with Gasteiger partial charge in [0.05, 0.1) is 23.0 Å². The molecule has 1 atom stereocenters. The summed E-state index contributed by atoms with van der Waals surface area (Å²) >= 11 is 5.70. The molecule has 0 saturated carbocycles. The number of ether oxygens (including phenoxy) is 1. The van der Waals surface area contributed by atoms with Gasteiger partial charge >= 0.3 is 0 Å². The highest BCUT2D eigenvalue weighted by Crippen LogP contribution is 2.27. The van der Waals surface area contributed by atoms with Crippen LogP contribution in [0.2, 0.25) is 5.02 Å². The van der Waals surface area contributed by atoms with Crippen LogP contribution in [0.1, 0.15) is 12.8 Å². The van der Waals surface area contributed by atoms with Crippen molar-refractivity contribution in [2.75, 3.05) is 24.3 Å². The Labute approximate surface area is 98.7 Å². The lowest BCUT2D eigenvalue weighted by Gasteiger charge is -2.24. The van der Waals surface area contributed by atoms with E-state index in [2.05, 4.69) is 5.32 Å². The lowest BCUT2D eigenvalue weighted by atomic mass is 10.1. The predicted octanol–water partition coefficient (Wildman–Crippen LogP) is 2.65. The molecule has 16 heavy (non-hydrogen) atoms. The molecule has 1 aromatic carbocycles. The summed E-state index contributed by atoms with van der Waals surface area (Å²) in [5, 5.41) is 3.29. The van der Waals surface area contributed by atoms with Crippen LogP contribution < -0.4 is 11.1 Å². The van der Waals surface area contributed by atoms with Gasteiger partial charge in [-0.1, -0.05) is 11.6 Å². The molecule has 88 valence electrons. The Bertz CT molecular complexity index is 380. The van der Waals surface area contributed by atoms with Gasteiger partial charge in [-0.15, -0.1) is 0 Å². The van der Waals surface area contributed by atoms with E-state index >= 15 is 0 Å². The van der Waals surface area contributed by atoms with E-state index < -0.39 is 5.82 Å². The Balaban J connectivity index is 2.11. The third-order valence-corrected chi connectivity index (χ3v) is 2.90. The third kappa shape index (κ3) is 2.57. The number of nitrogen functional groups attached to an aromatic ring is 1. The first kappa shape index (κ1) is 11.5. The van der Waals surface area contributed by atoms with Crippen LogP contribution in [0.5, 0.6) is 0 Å². The first-order valence-electron chi connectivity index (χ1n) is 5.25. The Morgan fingerprint density at radius 1 is 1.50 bits per heavy atom. The van der Waals surface area contributed by atoms with Crippen molar-refractivity contribution < 1.29 is 9.13 Å². The van der Waals surface area contributed by atoms with E-state index in [1.165, 1.54) is 12.1 Å². The van der Waals surface area contributed by atoms with E-state index in [4.69, 9.17) is 22.1 Å². The fourth-order valence-electron chi connectivity index (χ4n) is 1.76. The summed E-state index contributed by atoms with van der Waals surface area (Å²) in [5.74, 6) is -0.496. The van der Waals surface area contributed by atoms with E-state index in [1.54, 1.807) is 0 Å². The smallest absolute Gasteiger partial charge is 0.143 e. The van der Waals surface area contributed by atoms with Crippen LogP contribution >= 0.6 is 11.6 Å². The predicted molar refractivity (Wildman–Crippen MR) is 63.3 cm³/mol. The summed E-state index contributed by atoms with van der Waals surface area (Å²) in [6.07, 6.45) is 2.04. The molecule has 1 saturated heterocycles. The van der Waals surface area contributed by atoms with Gasteiger partial charge in [0.15, 0.2) is 0 Å². The fourth-order valence-corrected chi connectivity index (χ4v) is 1.93. The molecule has 1 aliphatic rings. The Morgan fingerprint density at radius 3 is 3.00 bits per heavy atom. The molecule has 3 N–H and O–H groups in total. The average Bonchev–Trinajstić information content (AvgIpc) is 2.27. The third-order valence-electron chi connectivity index (χ3n) is 2.61. The van der Waals surface area contributed by atoms with Crippen molar-refractivity contribution in [2.24, 2.45) is 0 Å². The molecule has 0 aromatic heterocycles. The summed E-state index contributed by atoms with van der Waals surface area (Å²) in [5.41, 5.74) is 6.74. The Hall–Kier alpha value is -1.00. The zero-order valence-electron chi connectivity index (χ0n) is 8.80. The number of halogens is 2. The molecule has 5 heteroatoms. The van der Waals surface area contributed by atoms with Crippen LogP contribution in [-0.4, -0.2) is 19.3 Å². The summed E-state index contributed by atoms with van der Waals surface area (Å²) < 4.78 is 18.4. The van der Waals surface area contributed by atoms with Crippen molar-refractivity contribution in [1.29, 1.82) is 0 Å². The van der Waals surface area contributed by atoms with Gasteiger partial charge in [0.1, 0.15) is 5.82 Å². The molecule has 0 radical (unpaired) electrons. The Kier molecular flexibility index (Phi) is 3.51. The number of rotatable bonds is 2. The van der Waals surface area contributed by atoms with Crippen molar-refractivity contribution >= 4 is 23.0 Å². The van der Waals surface area contributed by atoms with Crippen molar-refractivity contribution in [3.8, 4) is 0 Å². The van der Waals surface area contributed by atoms with Crippen LogP contribution in [0.15, 0.2) is 12.1 Å². The lowest BCUT2D eigenvalue weighted by molar-refractivity contribution is 0.0876.